The van der Waals surface area contributed by atoms with E-state index in [2.05, 4.69) is 10.1 Å². The van der Waals surface area contributed by atoms with Gasteiger partial charge in [0.05, 0.1) is 11.1 Å². The average Bonchev–Trinajstić information content (AvgIpc) is 3.13. The van der Waals surface area contributed by atoms with Gasteiger partial charge in [-0.05, 0) is 37.3 Å². The Morgan fingerprint density at radius 3 is 2.66 bits per heavy atom. The van der Waals surface area contributed by atoms with Crippen LogP contribution in [0.5, 0.6) is 5.88 Å². The van der Waals surface area contributed by atoms with Crippen molar-refractivity contribution in [1.29, 1.82) is 0 Å². The summed E-state index contributed by atoms with van der Waals surface area (Å²) in [6.07, 6.45) is 1.54. The fraction of sp³-hybridized carbons (Fsp3) is 0.286. The highest BCUT2D eigenvalue weighted by Gasteiger charge is 2.19. The van der Waals surface area contributed by atoms with Crippen molar-refractivity contribution < 1.29 is 18.4 Å². The molecule has 0 atom stereocenters. The molecular weight excluding hydrogens is 393 g/mol. The van der Waals surface area contributed by atoms with E-state index in [4.69, 9.17) is 9.26 Å². The highest BCUT2D eigenvalue weighted by Crippen LogP contribution is 2.26. The Morgan fingerprint density at radius 2 is 1.97 bits per heavy atom. The van der Waals surface area contributed by atoms with Crippen LogP contribution >= 0.6 is 11.8 Å². The summed E-state index contributed by atoms with van der Waals surface area (Å²) < 4.78 is 24.3. The second-order valence-electron chi connectivity index (χ2n) is 6.65. The minimum Gasteiger partial charge on any atom is -0.473 e. The fourth-order valence-corrected chi connectivity index (χ4v) is 3.99. The lowest BCUT2D eigenvalue weighted by Crippen LogP contribution is -2.37. The van der Waals surface area contributed by atoms with Crippen molar-refractivity contribution in [2.24, 2.45) is 0 Å². The van der Waals surface area contributed by atoms with Crippen molar-refractivity contribution in [2.75, 3.05) is 24.6 Å². The van der Waals surface area contributed by atoms with Crippen LogP contribution in [-0.2, 0) is 6.61 Å². The molecule has 0 spiro atoms. The van der Waals surface area contributed by atoms with E-state index in [9.17, 15) is 9.18 Å². The molecule has 0 aliphatic carbocycles. The Morgan fingerprint density at radius 1 is 1.21 bits per heavy atom. The third-order valence-electron chi connectivity index (χ3n) is 4.75. The number of carbonyl (C=O) groups excluding carboxylic acids is 1. The average molecular weight is 413 g/mol. The lowest BCUT2D eigenvalue weighted by Gasteiger charge is -2.26. The monoisotopic (exact) mass is 413 g/mol. The normalized spacial score (nSPS) is 14.1. The Kier molecular flexibility index (Phi) is 5.80. The lowest BCUT2D eigenvalue weighted by molar-refractivity contribution is 0.0772. The first-order valence-corrected chi connectivity index (χ1v) is 10.4. The summed E-state index contributed by atoms with van der Waals surface area (Å²) in [5.41, 5.74) is 2.68. The number of thioether (sulfide) groups is 1. The number of ether oxygens (including phenoxy) is 1. The largest absolute Gasteiger partial charge is 0.473 e. The number of aryl methyl sites for hydroxylation is 1. The first kappa shape index (κ1) is 19.4. The number of hydrogen-bond donors (Lipinski definition) is 0. The summed E-state index contributed by atoms with van der Waals surface area (Å²) in [6, 6.07) is 9.46. The highest BCUT2D eigenvalue weighted by molar-refractivity contribution is 7.99. The number of pyridine rings is 1. The lowest BCUT2D eigenvalue weighted by atomic mass is 10.1. The van der Waals surface area contributed by atoms with Crippen molar-refractivity contribution >= 4 is 17.7 Å². The zero-order valence-electron chi connectivity index (χ0n) is 15.9. The van der Waals surface area contributed by atoms with Crippen LogP contribution in [0, 0.1) is 12.7 Å². The van der Waals surface area contributed by atoms with E-state index in [1.807, 2.05) is 16.7 Å². The van der Waals surface area contributed by atoms with Crippen LogP contribution in [0.15, 0.2) is 47.1 Å². The smallest absolute Gasteiger partial charge is 0.255 e. The van der Waals surface area contributed by atoms with Crippen molar-refractivity contribution in [2.45, 2.75) is 13.5 Å². The molecule has 1 aliphatic heterocycles. The van der Waals surface area contributed by atoms with E-state index < -0.39 is 0 Å². The van der Waals surface area contributed by atoms with Gasteiger partial charge in [0.15, 0.2) is 0 Å². The Hall–Kier alpha value is -2.87. The van der Waals surface area contributed by atoms with E-state index in [1.54, 1.807) is 37.4 Å². The van der Waals surface area contributed by atoms with Crippen LogP contribution in [0.1, 0.15) is 21.7 Å². The molecule has 8 heteroatoms. The van der Waals surface area contributed by atoms with Gasteiger partial charge in [-0.1, -0.05) is 5.16 Å². The van der Waals surface area contributed by atoms with Gasteiger partial charge >= 0.3 is 0 Å². The minimum absolute atomic E-state index is 0.00201. The third kappa shape index (κ3) is 4.42. The molecule has 1 fully saturated rings. The molecule has 0 saturated carbocycles. The molecule has 0 N–H and O–H groups in total. The number of nitrogens with zero attached hydrogens (tertiary/aromatic N) is 3. The van der Waals surface area contributed by atoms with Gasteiger partial charge in [-0.2, -0.15) is 11.8 Å². The predicted octanol–water partition coefficient (Wildman–Crippen LogP) is 3.95. The van der Waals surface area contributed by atoms with Gasteiger partial charge in [0.25, 0.3) is 5.91 Å². The minimum atomic E-state index is -0.311. The summed E-state index contributed by atoms with van der Waals surface area (Å²) in [4.78, 5) is 18.6. The van der Waals surface area contributed by atoms with Gasteiger partial charge in [0.2, 0.25) is 5.88 Å². The topological polar surface area (TPSA) is 68.5 Å². The van der Waals surface area contributed by atoms with E-state index in [-0.39, 0.29) is 18.3 Å². The maximum atomic E-state index is 13.2. The van der Waals surface area contributed by atoms with Crippen molar-refractivity contribution in [3.05, 3.63) is 65.3 Å². The zero-order chi connectivity index (χ0) is 20.2. The molecule has 2 aromatic heterocycles. The fourth-order valence-electron chi connectivity index (χ4n) is 3.08. The van der Waals surface area contributed by atoms with Crippen molar-refractivity contribution in [3.63, 3.8) is 0 Å². The number of benzene rings is 1. The van der Waals surface area contributed by atoms with Crippen LogP contribution in [0.25, 0.3) is 11.3 Å². The summed E-state index contributed by atoms with van der Waals surface area (Å²) in [7, 11) is 0. The Bertz CT molecular complexity index is 983. The van der Waals surface area contributed by atoms with E-state index in [0.717, 1.165) is 35.7 Å². The second kappa shape index (κ2) is 8.65. The molecule has 3 aromatic rings. The molecule has 4 rings (SSSR count). The molecule has 1 saturated heterocycles. The van der Waals surface area contributed by atoms with E-state index >= 15 is 0 Å². The standard InChI is InChI=1S/C21H20FN3O3S/c1-14-18(20(24-28-14)15-2-5-17(22)6-3-15)13-27-19-7-4-16(12-23-19)21(26)25-8-10-29-11-9-25/h2-7,12H,8-11,13H2,1H3. The Labute approximate surface area is 172 Å². The van der Waals surface area contributed by atoms with Gasteiger partial charge in [-0.3, -0.25) is 4.79 Å². The van der Waals surface area contributed by atoms with Crippen LogP contribution in [0.4, 0.5) is 4.39 Å². The zero-order valence-corrected chi connectivity index (χ0v) is 16.7. The van der Waals surface area contributed by atoms with Gasteiger partial charge < -0.3 is 14.2 Å². The summed E-state index contributed by atoms with van der Waals surface area (Å²) >= 11 is 1.86. The summed E-state index contributed by atoms with van der Waals surface area (Å²) in [6.45, 7) is 3.53. The van der Waals surface area contributed by atoms with Gasteiger partial charge in [0, 0.05) is 42.4 Å². The summed E-state index contributed by atoms with van der Waals surface area (Å²) in [5.74, 6) is 2.65. The first-order valence-electron chi connectivity index (χ1n) is 9.29. The molecular formula is C21H20FN3O3S. The molecule has 1 aromatic carbocycles. The SMILES string of the molecule is Cc1onc(-c2ccc(F)cc2)c1COc1ccc(C(=O)N2CCSCC2)cn1. The molecule has 3 heterocycles. The molecule has 0 unspecified atom stereocenters. The van der Waals surface area contributed by atoms with Crippen LogP contribution in [0.2, 0.25) is 0 Å². The maximum absolute atomic E-state index is 13.2. The molecule has 29 heavy (non-hydrogen) atoms. The third-order valence-corrected chi connectivity index (χ3v) is 5.69. The van der Waals surface area contributed by atoms with Crippen LogP contribution in [0.3, 0.4) is 0 Å². The van der Waals surface area contributed by atoms with Gasteiger partial charge in [0.1, 0.15) is 23.9 Å². The van der Waals surface area contributed by atoms with E-state index in [0.29, 0.717) is 22.9 Å². The number of rotatable bonds is 5. The van der Waals surface area contributed by atoms with Crippen LogP contribution in [-0.4, -0.2) is 45.5 Å². The molecule has 0 bridgehead atoms. The van der Waals surface area contributed by atoms with E-state index in [1.165, 1.54) is 12.1 Å². The number of amides is 1. The van der Waals surface area contributed by atoms with Gasteiger partial charge in [-0.15, -0.1) is 0 Å². The number of hydrogen-bond acceptors (Lipinski definition) is 6. The second-order valence-corrected chi connectivity index (χ2v) is 7.88. The molecule has 0 radical (unpaired) electrons. The quantitative estimate of drug-likeness (QED) is 0.631. The number of carbonyl (C=O) groups is 1. The maximum Gasteiger partial charge on any atom is 0.255 e. The highest BCUT2D eigenvalue weighted by atomic mass is 32.2. The molecule has 6 nitrogen and oxygen atoms in total. The first-order chi connectivity index (χ1) is 14.1. The summed E-state index contributed by atoms with van der Waals surface area (Å²) in [5, 5.41) is 4.07. The van der Waals surface area contributed by atoms with Crippen molar-refractivity contribution in [1.82, 2.24) is 15.0 Å². The van der Waals surface area contributed by atoms with Crippen molar-refractivity contribution in [3.8, 4) is 17.1 Å². The predicted molar refractivity (Wildman–Crippen MR) is 108 cm³/mol. The number of aromatic nitrogens is 2. The molecule has 1 amide bonds. The van der Waals surface area contributed by atoms with Gasteiger partial charge in [-0.25, -0.2) is 9.37 Å². The molecule has 150 valence electrons. The molecule has 1 aliphatic rings. The number of halogens is 1. The van der Waals surface area contributed by atoms with Crippen LogP contribution < -0.4 is 4.74 Å². The Balaban J connectivity index is 1.44.